The quantitative estimate of drug-likeness (QED) is 0.584. The second kappa shape index (κ2) is 4.72. The zero-order chi connectivity index (χ0) is 13.2. The molecule has 1 atom stereocenters. The van der Waals surface area contributed by atoms with Crippen LogP contribution in [0, 0.1) is 0 Å². The molecule has 94 valence electrons. The number of phenolic OH excluding ortho intramolecular Hbond substituents is 2. The van der Waals surface area contributed by atoms with Crippen LogP contribution in [0.3, 0.4) is 0 Å². The van der Waals surface area contributed by atoms with Gasteiger partial charge in [0, 0.05) is 6.07 Å². The van der Waals surface area contributed by atoms with Gasteiger partial charge in [-0.05, 0) is 24.3 Å². The Morgan fingerprint density at radius 2 is 1.67 bits per heavy atom. The molecule has 0 aliphatic carbocycles. The second-order valence-electron chi connectivity index (χ2n) is 3.60. The fraction of sp³-hybridized carbons (Fsp3) is 0. The van der Waals surface area contributed by atoms with Gasteiger partial charge in [-0.1, -0.05) is 18.2 Å². The molecule has 0 spiro atoms. The van der Waals surface area contributed by atoms with E-state index in [-0.39, 0.29) is 22.6 Å². The van der Waals surface area contributed by atoms with Crippen LogP contribution in [0.5, 0.6) is 17.2 Å². The molecule has 0 amide bonds. The SMILES string of the molecule is O=P(O)(Oc1cc(O)ccc1O)c1ccccc1. The predicted octanol–water partition coefficient (Wildman–Crippen LogP) is 1.99. The number of hydrogen-bond acceptors (Lipinski definition) is 4. The largest absolute Gasteiger partial charge is 0.508 e. The summed E-state index contributed by atoms with van der Waals surface area (Å²) in [5, 5.41) is 18.8. The van der Waals surface area contributed by atoms with Crippen LogP contribution in [0.25, 0.3) is 0 Å². The number of hydrogen-bond donors (Lipinski definition) is 3. The lowest BCUT2D eigenvalue weighted by Gasteiger charge is -2.14. The highest BCUT2D eigenvalue weighted by Crippen LogP contribution is 2.45. The van der Waals surface area contributed by atoms with Gasteiger partial charge in [-0.25, -0.2) is 4.57 Å². The molecule has 0 heterocycles. The van der Waals surface area contributed by atoms with E-state index in [1.54, 1.807) is 18.2 Å². The van der Waals surface area contributed by atoms with Crippen LogP contribution in [0.4, 0.5) is 0 Å². The molecule has 2 rings (SSSR count). The maximum Gasteiger partial charge on any atom is 0.408 e. The van der Waals surface area contributed by atoms with E-state index in [9.17, 15) is 19.7 Å². The highest BCUT2D eigenvalue weighted by atomic mass is 31.2. The number of rotatable bonds is 3. The topological polar surface area (TPSA) is 87.0 Å². The Labute approximate surface area is 103 Å². The first-order chi connectivity index (χ1) is 8.49. The molecule has 0 fully saturated rings. The third kappa shape index (κ3) is 2.64. The van der Waals surface area contributed by atoms with Gasteiger partial charge in [0.1, 0.15) is 5.75 Å². The van der Waals surface area contributed by atoms with E-state index >= 15 is 0 Å². The Kier molecular flexibility index (Phi) is 3.28. The first-order valence-electron chi connectivity index (χ1n) is 5.09. The summed E-state index contributed by atoms with van der Waals surface area (Å²) in [7, 11) is -4.08. The molecule has 0 aromatic heterocycles. The predicted molar refractivity (Wildman–Crippen MR) is 66.3 cm³/mol. The smallest absolute Gasteiger partial charge is 0.408 e. The summed E-state index contributed by atoms with van der Waals surface area (Å²) in [6.45, 7) is 0. The van der Waals surface area contributed by atoms with E-state index in [1.165, 1.54) is 24.3 Å². The molecule has 0 saturated heterocycles. The van der Waals surface area contributed by atoms with Crippen molar-refractivity contribution in [2.75, 3.05) is 0 Å². The first-order valence-corrected chi connectivity index (χ1v) is 6.67. The molecular formula is C12H11O5P. The van der Waals surface area contributed by atoms with Gasteiger partial charge >= 0.3 is 7.60 Å². The summed E-state index contributed by atoms with van der Waals surface area (Å²) >= 11 is 0. The zero-order valence-corrected chi connectivity index (χ0v) is 10.1. The minimum absolute atomic E-state index is 0.104. The summed E-state index contributed by atoms with van der Waals surface area (Å²) in [5.41, 5.74) is 0. The molecule has 2 aromatic rings. The van der Waals surface area contributed by atoms with Crippen molar-refractivity contribution in [3.05, 3.63) is 48.5 Å². The van der Waals surface area contributed by atoms with Crippen molar-refractivity contribution in [2.45, 2.75) is 0 Å². The third-order valence-electron chi connectivity index (χ3n) is 2.25. The average molecular weight is 266 g/mol. The second-order valence-corrected chi connectivity index (χ2v) is 5.34. The van der Waals surface area contributed by atoms with Crippen molar-refractivity contribution < 1.29 is 24.2 Å². The highest BCUT2D eigenvalue weighted by molar-refractivity contribution is 7.61. The Balaban J connectivity index is 2.33. The van der Waals surface area contributed by atoms with Gasteiger partial charge < -0.3 is 19.6 Å². The van der Waals surface area contributed by atoms with Gasteiger partial charge in [-0.2, -0.15) is 0 Å². The molecule has 5 nitrogen and oxygen atoms in total. The van der Waals surface area contributed by atoms with Crippen molar-refractivity contribution in [2.24, 2.45) is 0 Å². The van der Waals surface area contributed by atoms with Gasteiger partial charge in [0.2, 0.25) is 0 Å². The summed E-state index contributed by atoms with van der Waals surface area (Å²) < 4.78 is 16.9. The molecule has 3 N–H and O–H groups in total. The van der Waals surface area contributed by atoms with Crippen molar-refractivity contribution in [1.29, 1.82) is 0 Å². The number of aromatic hydroxyl groups is 2. The molecule has 0 saturated carbocycles. The van der Waals surface area contributed by atoms with Crippen LogP contribution < -0.4 is 9.83 Å². The standard InChI is InChI=1S/C12H11O5P/c13-9-6-7-11(14)12(8-9)17-18(15,16)10-4-2-1-3-5-10/h1-8,13-14H,(H,15,16). The van der Waals surface area contributed by atoms with Crippen molar-refractivity contribution in [3.63, 3.8) is 0 Å². The summed E-state index contributed by atoms with van der Waals surface area (Å²) in [4.78, 5) is 9.80. The number of phenols is 2. The van der Waals surface area contributed by atoms with Gasteiger partial charge in [0.15, 0.2) is 11.5 Å². The lowest BCUT2D eigenvalue weighted by Crippen LogP contribution is -2.08. The fourth-order valence-electron chi connectivity index (χ4n) is 1.38. The first kappa shape index (κ1) is 12.5. The van der Waals surface area contributed by atoms with E-state index < -0.39 is 7.60 Å². The molecule has 0 bridgehead atoms. The van der Waals surface area contributed by atoms with E-state index in [0.717, 1.165) is 6.07 Å². The third-order valence-corrected chi connectivity index (χ3v) is 3.64. The van der Waals surface area contributed by atoms with Crippen LogP contribution >= 0.6 is 7.60 Å². The normalized spacial score (nSPS) is 13.8. The van der Waals surface area contributed by atoms with Crippen LogP contribution in [-0.2, 0) is 4.57 Å². The summed E-state index contributed by atoms with van der Waals surface area (Å²) in [6.07, 6.45) is 0. The molecule has 0 radical (unpaired) electrons. The summed E-state index contributed by atoms with van der Waals surface area (Å²) in [5.74, 6) is -0.737. The van der Waals surface area contributed by atoms with E-state index in [0.29, 0.717) is 0 Å². The minimum atomic E-state index is -4.08. The Morgan fingerprint density at radius 1 is 1.00 bits per heavy atom. The average Bonchev–Trinajstić information content (AvgIpc) is 2.35. The van der Waals surface area contributed by atoms with Crippen LogP contribution in [0.15, 0.2) is 48.5 Å². The zero-order valence-electron chi connectivity index (χ0n) is 9.22. The fourth-order valence-corrected chi connectivity index (χ4v) is 2.45. The van der Waals surface area contributed by atoms with Crippen molar-refractivity contribution in [1.82, 2.24) is 0 Å². The van der Waals surface area contributed by atoms with Crippen molar-refractivity contribution in [3.8, 4) is 17.2 Å². The Hall–Kier alpha value is -1.97. The van der Waals surface area contributed by atoms with Gasteiger partial charge in [-0.15, -0.1) is 0 Å². The molecule has 6 heteroatoms. The molecule has 2 aromatic carbocycles. The van der Waals surface area contributed by atoms with E-state index in [4.69, 9.17) is 4.52 Å². The molecule has 0 aliphatic heterocycles. The molecule has 0 aliphatic rings. The maximum atomic E-state index is 12.0. The lowest BCUT2D eigenvalue weighted by atomic mass is 10.3. The lowest BCUT2D eigenvalue weighted by molar-refractivity contribution is 0.373. The molecular weight excluding hydrogens is 255 g/mol. The van der Waals surface area contributed by atoms with Crippen molar-refractivity contribution >= 4 is 12.9 Å². The van der Waals surface area contributed by atoms with Crippen LogP contribution in [-0.4, -0.2) is 15.1 Å². The van der Waals surface area contributed by atoms with E-state index in [1.807, 2.05) is 0 Å². The monoisotopic (exact) mass is 266 g/mol. The Morgan fingerprint density at radius 3 is 2.33 bits per heavy atom. The highest BCUT2D eigenvalue weighted by Gasteiger charge is 2.25. The van der Waals surface area contributed by atoms with Crippen LogP contribution in [0.2, 0.25) is 0 Å². The maximum absolute atomic E-state index is 12.0. The van der Waals surface area contributed by atoms with Gasteiger partial charge in [0.05, 0.1) is 5.30 Å². The Bertz CT molecular complexity index is 597. The minimum Gasteiger partial charge on any atom is -0.508 e. The number of benzene rings is 2. The van der Waals surface area contributed by atoms with Crippen LogP contribution in [0.1, 0.15) is 0 Å². The van der Waals surface area contributed by atoms with E-state index in [2.05, 4.69) is 0 Å². The molecule has 1 unspecified atom stereocenters. The molecule has 18 heavy (non-hydrogen) atoms. The van der Waals surface area contributed by atoms with Gasteiger partial charge in [-0.3, -0.25) is 0 Å². The van der Waals surface area contributed by atoms with Gasteiger partial charge in [0.25, 0.3) is 0 Å². The summed E-state index contributed by atoms with van der Waals surface area (Å²) in [6, 6.07) is 11.3.